The van der Waals surface area contributed by atoms with Crippen LogP contribution < -0.4 is 0 Å². The summed E-state index contributed by atoms with van der Waals surface area (Å²) >= 11 is 0. The van der Waals surface area contributed by atoms with Gasteiger partial charge >= 0.3 is 0 Å². The minimum absolute atomic E-state index is 0.0118. The van der Waals surface area contributed by atoms with Crippen LogP contribution in [-0.2, 0) is 5.60 Å². The van der Waals surface area contributed by atoms with Crippen molar-refractivity contribution in [2.24, 2.45) is 0 Å². The second kappa shape index (κ2) is 4.80. The van der Waals surface area contributed by atoms with Gasteiger partial charge in [-0.15, -0.1) is 0 Å². The summed E-state index contributed by atoms with van der Waals surface area (Å²) in [7, 11) is 0. The predicted octanol–water partition coefficient (Wildman–Crippen LogP) is 3.22. The first-order valence-corrected chi connectivity index (χ1v) is 8.17. The van der Waals surface area contributed by atoms with Gasteiger partial charge in [0.15, 0.2) is 0 Å². The number of phenolic OH excluding ortho intramolecular Hbond substituents is 1. The van der Waals surface area contributed by atoms with Crippen molar-refractivity contribution in [3.63, 3.8) is 0 Å². The number of rotatable bonds is 1. The van der Waals surface area contributed by atoms with Gasteiger partial charge in [0.2, 0.25) is 11.4 Å². The van der Waals surface area contributed by atoms with Crippen LogP contribution in [0.1, 0.15) is 20.7 Å². The molecule has 5 nitrogen and oxygen atoms in total. The molecule has 0 bridgehead atoms. The van der Waals surface area contributed by atoms with Gasteiger partial charge in [-0.2, -0.15) is 0 Å². The molecule has 1 atom stereocenters. The fraction of sp³-hybridized carbons (Fsp3) is 0.0476. The fourth-order valence-corrected chi connectivity index (χ4v) is 3.82. The smallest absolute Gasteiger partial charge is 0.276 e. The maximum atomic E-state index is 13.3. The van der Waals surface area contributed by atoms with E-state index in [2.05, 4.69) is 0 Å². The molecule has 4 aromatic rings. The molecule has 126 valence electrons. The fourth-order valence-electron chi connectivity index (χ4n) is 3.82. The third kappa shape index (κ3) is 1.63. The zero-order chi connectivity index (χ0) is 18.1. The lowest BCUT2D eigenvalue weighted by molar-refractivity contribution is 0.0211. The number of para-hydroxylation sites is 2. The summed E-state index contributed by atoms with van der Waals surface area (Å²) in [6.45, 7) is 0. The third-order valence-corrected chi connectivity index (χ3v) is 5.07. The van der Waals surface area contributed by atoms with Gasteiger partial charge < -0.3 is 10.2 Å². The van der Waals surface area contributed by atoms with Crippen molar-refractivity contribution in [1.29, 1.82) is 0 Å². The van der Waals surface area contributed by atoms with E-state index in [1.54, 1.807) is 18.2 Å². The number of fused-ring (bicyclic) bond motifs is 3. The Morgan fingerprint density at radius 1 is 0.808 bits per heavy atom. The number of Topliss-reactive ketones (excluding diaryl/α,β-unsaturated/α-hetero) is 1. The van der Waals surface area contributed by atoms with Crippen LogP contribution in [0.25, 0.3) is 21.8 Å². The monoisotopic (exact) mass is 343 g/mol. The first-order valence-electron chi connectivity index (χ1n) is 8.17. The molecule has 2 N–H and O–H groups in total. The largest absolute Gasteiger partial charge is 0.508 e. The average Bonchev–Trinajstić information content (AvgIpc) is 3.00. The number of carbonyl (C=O) groups excluding carboxylic acids is 2. The summed E-state index contributed by atoms with van der Waals surface area (Å²) in [5, 5.41) is 22.4. The maximum absolute atomic E-state index is 13.3. The molecule has 1 aliphatic rings. The number of phenols is 1. The molecule has 0 spiro atoms. The van der Waals surface area contributed by atoms with Gasteiger partial charge in [0.1, 0.15) is 5.75 Å². The van der Waals surface area contributed by atoms with E-state index in [1.807, 2.05) is 24.3 Å². The predicted molar refractivity (Wildman–Crippen MR) is 96.4 cm³/mol. The van der Waals surface area contributed by atoms with E-state index in [4.69, 9.17) is 0 Å². The first kappa shape index (κ1) is 14.9. The van der Waals surface area contributed by atoms with E-state index < -0.39 is 17.3 Å². The van der Waals surface area contributed by atoms with Crippen molar-refractivity contribution < 1.29 is 19.8 Å². The van der Waals surface area contributed by atoms with E-state index in [0.717, 1.165) is 10.8 Å². The molecule has 2 heterocycles. The Bertz CT molecular complexity index is 1240. The molecular formula is C21H13NO4. The first-order chi connectivity index (χ1) is 12.5. The number of aliphatic hydroxyl groups is 1. The van der Waals surface area contributed by atoms with E-state index in [1.165, 1.54) is 28.8 Å². The molecule has 1 aromatic heterocycles. The Hall–Kier alpha value is -3.44. The minimum atomic E-state index is -2.34. The number of hydrogen-bond donors (Lipinski definition) is 2. The van der Waals surface area contributed by atoms with Gasteiger partial charge in [0.25, 0.3) is 5.91 Å². The summed E-state index contributed by atoms with van der Waals surface area (Å²) in [5.41, 5.74) is -0.743. The summed E-state index contributed by atoms with van der Waals surface area (Å²) in [6, 6.07) is 18.1. The van der Waals surface area contributed by atoms with Crippen LogP contribution in [0.3, 0.4) is 0 Å². The van der Waals surface area contributed by atoms with Gasteiger partial charge in [-0.3, -0.25) is 14.2 Å². The normalized spacial score (nSPS) is 19.4. The maximum Gasteiger partial charge on any atom is 0.276 e. The third-order valence-electron chi connectivity index (χ3n) is 5.07. The van der Waals surface area contributed by atoms with Crippen LogP contribution in [0.15, 0.2) is 66.7 Å². The summed E-state index contributed by atoms with van der Waals surface area (Å²) in [4.78, 5) is 26.5. The van der Waals surface area contributed by atoms with Crippen molar-refractivity contribution in [1.82, 2.24) is 4.57 Å². The lowest BCUT2D eigenvalue weighted by Gasteiger charge is -2.30. The van der Waals surface area contributed by atoms with Crippen molar-refractivity contribution in [2.45, 2.75) is 5.60 Å². The second-order valence-corrected chi connectivity index (χ2v) is 6.45. The van der Waals surface area contributed by atoms with Gasteiger partial charge in [0, 0.05) is 21.9 Å². The van der Waals surface area contributed by atoms with Gasteiger partial charge in [-0.25, -0.2) is 0 Å². The molecule has 5 heteroatoms. The summed E-state index contributed by atoms with van der Waals surface area (Å²) < 4.78 is 1.42. The van der Waals surface area contributed by atoms with Crippen molar-refractivity contribution in [2.75, 3.05) is 0 Å². The average molecular weight is 343 g/mol. The molecule has 0 amide bonds. The minimum Gasteiger partial charge on any atom is -0.508 e. The number of carbonyl (C=O) groups is 2. The molecule has 5 rings (SSSR count). The number of benzene rings is 3. The highest BCUT2D eigenvalue weighted by Gasteiger charge is 2.51. The summed E-state index contributed by atoms with van der Waals surface area (Å²) in [6.07, 6.45) is 0. The molecule has 0 saturated carbocycles. The Kier molecular flexibility index (Phi) is 2.75. The molecule has 1 unspecified atom stereocenters. The molecule has 0 aliphatic carbocycles. The molecule has 3 aromatic carbocycles. The van der Waals surface area contributed by atoms with Gasteiger partial charge in [0.05, 0.1) is 11.0 Å². The van der Waals surface area contributed by atoms with Crippen LogP contribution in [0.2, 0.25) is 0 Å². The number of nitrogens with zero attached hydrogens (tertiary/aromatic N) is 1. The Labute approximate surface area is 147 Å². The molecule has 0 radical (unpaired) electrons. The molecular weight excluding hydrogens is 330 g/mol. The van der Waals surface area contributed by atoms with E-state index in [-0.39, 0.29) is 11.3 Å². The zero-order valence-corrected chi connectivity index (χ0v) is 13.5. The van der Waals surface area contributed by atoms with Crippen molar-refractivity contribution in [3.05, 3.63) is 77.9 Å². The number of hydrogen-bond acceptors (Lipinski definition) is 4. The zero-order valence-electron chi connectivity index (χ0n) is 13.5. The van der Waals surface area contributed by atoms with E-state index in [9.17, 15) is 19.8 Å². The molecule has 1 aliphatic heterocycles. The summed E-state index contributed by atoms with van der Waals surface area (Å²) in [5.74, 6) is -1.38. The molecule has 0 fully saturated rings. The van der Waals surface area contributed by atoms with E-state index in [0.29, 0.717) is 16.6 Å². The number of aromatic hydroxyl groups is 1. The van der Waals surface area contributed by atoms with Crippen LogP contribution in [0.5, 0.6) is 5.75 Å². The quantitative estimate of drug-likeness (QED) is 0.520. The van der Waals surface area contributed by atoms with Crippen LogP contribution in [-0.4, -0.2) is 26.5 Å². The van der Waals surface area contributed by atoms with E-state index >= 15 is 0 Å². The SMILES string of the molecule is O=C1c2cccc3c4ccccc4n(c23)C(=O)C1(O)c1ccc(O)cc1. The highest BCUT2D eigenvalue weighted by molar-refractivity contribution is 6.31. The Balaban J connectivity index is 1.92. The van der Waals surface area contributed by atoms with Gasteiger partial charge in [-0.1, -0.05) is 42.5 Å². The lowest BCUT2D eigenvalue weighted by atomic mass is 9.82. The lowest BCUT2D eigenvalue weighted by Crippen LogP contribution is -2.49. The van der Waals surface area contributed by atoms with Gasteiger partial charge in [-0.05, 0) is 24.3 Å². The molecule has 0 saturated heterocycles. The van der Waals surface area contributed by atoms with Crippen molar-refractivity contribution >= 4 is 33.5 Å². The van der Waals surface area contributed by atoms with Crippen LogP contribution >= 0.6 is 0 Å². The number of aromatic nitrogens is 1. The number of ketones is 1. The standard InChI is InChI=1S/C21H13NO4/c23-13-10-8-12(9-11-13)21(26)19(24)16-6-3-5-15-14-4-1-2-7-17(14)22(18(15)16)20(21)25/h1-11,23,26H. The highest BCUT2D eigenvalue weighted by atomic mass is 16.3. The van der Waals surface area contributed by atoms with Crippen LogP contribution in [0.4, 0.5) is 0 Å². The molecule has 26 heavy (non-hydrogen) atoms. The Morgan fingerprint density at radius 3 is 2.27 bits per heavy atom. The second-order valence-electron chi connectivity index (χ2n) is 6.45. The Morgan fingerprint density at radius 2 is 1.50 bits per heavy atom. The highest BCUT2D eigenvalue weighted by Crippen LogP contribution is 2.41. The van der Waals surface area contributed by atoms with Crippen LogP contribution in [0, 0.1) is 0 Å². The topological polar surface area (TPSA) is 79.5 Å². The van der Waals surface area contributed by atoms with Crippen molar-refractivity contribution in [3.8, 4) is 5.75 Å².